The number of hydrogen-bond acceptors (Lipinski definition) is 5. The number of aromatic nitrogens is 1. The fraction of sp³-hybridized carbons (Fsp3) is 0.292. The van der Waals surface area contributed by atoms with E-state index in [2.05, 4.69) is 15.6 Å². The standard InChI is InChI=1S/C24H27ClN4O2S/c1-3-17(2)26-22(30)13-14-29(15-18-9-5-4-6-10-18)23(31)21-16-32-24(28-21)27-20-12-8-7-11-19(20)25/h4-12,16-17H,3,13-15H2,1-2H3,(H,26,30)(H,27,28)/t17-/m0/s1. The number of thiazole rings is 1. The zero-order valence-electron chi connectivity index (χ0n) is 18.2. The maximum absolute atomic E-state index is 13.3. The van der Waals surface area contributed by atoms with Gasteiger partial charge in [0.15, 0.2) is 5.13 Å². The number of benzene rings is 2. The smallest absolute Gasteiger partial charge is 0.273 e. The van der Waals surface area contributed by atoms with Crippen molar-refractivity contribution >= 4 is 45.6 Å². The molecule has 6 nitrogen and oxygen atoms in total. The minimum absolute atomic E-state index is 0.0652. The van der Waals surface area contributed by atoms with Crippen LogP contribution >= 0.6 is 22.9 Å². The van der Waals surface area contributed by atoms with Crippen LogP contribution in [0.5, 0.6) is 0 Å². The van der Waals surface area contributed by atoms with E-state index in [4.69, 9.17) is 11.6 Å². The van der Waals surface area contributed by atoms with Gasteiger partial charge in [-0.2, -0.15) is 0 Å². The third kappa shape index (κ3) is 6.80. The van der Waals surface area contributed by atoms with Crippen molar-refractivity contribution in [3.63, 3.8) is 0 Å². The minimum atomic E-state index is -0.214. The summed E-state index contributed by atoms with van der Waals surface area (Å²) in [5.74, 6) is -0.279. The molecule has 0 spiro atoms. The van der Waals surface area contributed by atoms with Crippen LogP contribution in [0, 0.1) is 0 Å². The lowest BCUT2D eigenvalue weighted by atomic mass is 10.2. The molecule has 0 aliphatic heterocycles. The van der Waals surface area contributed by atoms with Gasteiger partial charge in [0, 0.05) is 30.9 Å². The van der Waals surface area contributed by atoms with E-state index in [1.807, 2.05) is 62.4 Å². The van der Waals surface area contributed by atoms with E-state index in [-0.39, 0.29) is 24.3 Å². The van der Waals surface area contributed by atoms with E-state index in [1.54, 1.807) is 16.3 Å². The van der Waals surface area contributed by atoms with Gasteiger partial charge in [-0.15, -0.1) is 11.3 Å². The van der Waals surface area contributed by atoms with E-state index in [9.17, 15) is 9.59 Å². The van der Waals surface area contributed by atoms with Crippen molar-refractivity contribution in [2.24, 2.45) is 0 Å². The molecule has 1 aromatic heterocycles. The van der Waals surface area contributed by atoms with Gasteiger partial charge in [0.25, 0.3) is 5.91 Å². The fourth-order valence-electron chi connectivity index (χ4n) is 3.01. The van der Waals surface area contributed by atoms with Crippen LogP contribution in [-0.2, 0) is 11.3 Å². The molecule has 0 unspecified atom stereocenters. The molecule has 168 valence electrons. The predicted octanol–water partition coefficient (Wildman–Crippen LogP) is 5.49. The molecule has 3 rings (SSSR count). The monoisotopic (exact) mass is 470 g/mol. The van der Waals surface area contributed by atoms with Gasteiger partial charge in [0.2, 0.25) is 5.91 Å². The van der Waals surface area contributed by atoms with Crippen LogP contribution in [0.15, 0.2) is 60.0 Å². The number of nitrogens with zero attached hydrogens (tertiary/aromatic N) is 2. The lowest BCUT2D eigenvalue weighted by Gasteiger charge is -2.22. The maximum atomic E-state index is 13.3. The van der Waals surface area contributed by atoms with E-state index >= 15 is 0 Å². The Morgan fingerprint density at radius 1 is 1.12 bits per heavy atom. The number of hydrogen-bond donors (Lipinski definition) is 2. The van der Waals surface area contributed by atoms with Crippen LogP contribution in [-0.4, -0.2) is 34.3 Å². The molecule has 0 bridgehead atoms. The summed E-state index contributed by atoms with van der Waals surface area (Å²) in [5, 5.41) is 8.98. The Kier molecular flexibility index (Phi) is 8.64. The van der Waals surface area contributed by atoms with Crippen LogP contribution in [0.4, 0.5) is 10.8 Å². The molecule has 8 heteroatoms. The number of nitrogens with one attached hydrogen (secondary N) is 2. The lowest BCUT2D eigenvalue weighted by Crippen LogP contribution is -2.37. The Morgan fingerprint density at radius 2 is 1.84 bits per heavy atom. The second-order valence-corrected chi connectivity index (χ2v) is 8.75. The third-order valence-electron chi connectivity index (χ3n) is 4.97. The summed E-state index contributed by atoms with van der Waals surface area (Å²) in [7, 11) is 0. The Balaban J connectivity index is 1.72. The first kappa shape index (κ1) is 23.8. The van der Waals surface area contributed by atoms with Gasteiger partial charge in [-0.25, -0.2) is 4.98 Å². The number of rotatable bonds is 10. The summed E-state index contributed by atoms with van der Waals surface area (Å²) >= 11 is 7.54. The summed E-state index contributed by atoms with van der Waals surface area (Å²) in [6.07, 6.45) is 1.09. The molecular weight excluding hydrogens is 444 g/mol. The highest BCUT2D eigenvalue weighted by atomic mass is 35.5. The average molecular weight is 471 g/mol. The topological polar surface area (TPSA) is 74.3 Å². The van der Waals surface area contributed by atoms with E-state index < -0.39 is 0 Å². The highest BCUT2D eigenvalue weighted by Gasteiger charge is 2.21. The summed E-state index contributed by atoms with van der Waals surface area (Å²) in [5.41, 5.74) is 2.06. The Morgan fingerprint density at radius 3 is 2.56 bits per heavy atom. The third-order valence-corrected chi connectivity index (χ3v) is 6.06. The zero-order chi connectivity index (χ0) is 22.9. The molecular formula is C24H27ClN4O2S. The fourth-order valence-corrected chi connectivity index (χ4v) is 3.89. The van der Waals surface area contributed by atoms with Gasteiger partial charge in [-0.1, -0.05) is 61.0 Å². The number of anilines is 2. The van der Waals surface area contributed by atoms with Gasteiger partial charge >= 0.3 is 0 Å². The molecule has 0 aliphatic carbocycles. The minimum Gasteiger partial charge on any atom is -0.354 e. The molecule has 3 aromatic rings. The normalized spacial score (nSPS) is 11.6. The Labute approximate surface area is 197 Å². The van der Waals surface area contributed by atoms with Crippen LogP contribution < -0.4 is 10.6 Å². The first-order valence-electron chi connectivity index (χ1n) is 10.6. The predicted molar refractivity (Wildman–Crippen MR) is 131 cm³/mol. The lowest BCUT2D eigenvalue weighted by molar-refractivity contribution is -0.121. The Hall–Kier alpha value is -2.90. The second kappa shape index (κ2) is 11.6. The van der Waals surface area contributed by atoms with Crippen molar-refractivity contribution in [3.8, 4) is 0 Å². The average Bonchev–Trinajstić information content (AvgIpc) is 3.27. The van der Waals surface area contributed by atoms with Crippen molar-refractivity contribution in [1.82, 2.24) is 15.2 Å². The molecule has 2 N–H and O–H groups in total. The van der Waals surface area contributed by atoms with Gasteiger partial charge in [-0.05, 0) is 31.0 Å². The maximum Gasteiger partial charge on any atom is 0.273 e. The largest absolute Gasteiger partial charge is 0.354 e. The first-order valence-corrected chi connectivity index (χ1v) is 11.8. The Bertz CT molecular complexity index is 1040. The van der Waals surface area contributed by atoms with E-state index in [1.165, 1.54) is 11.3 Å². The van der Waals surface area contributed by atoms with E-state index in [0.717, 1.165) is 17.7 Å². The number of carbonyl (C=O) groups is 2. The van der Waals surface area contributed by atoms with Crippen molar-refractivity contribution in [2.75, 3.05) is 11.9 Å². The molecule has 0 aliphatic rings. The van der Waals surface area contributed by atoms with Crippen LogP contribution in [0.1, 0.15) is 42.7 Å². The van der Waals surface area contributed by atoms with Crippen molar-refractivity contribution in [1.29, 1.82) is 0 Å². The molecule has 0 saturated heterocycles. The van der Waals surface area contributed by atoms with Crippen molar-refractivity contribution < 1.29 is 9.59 Å². The highest BCUT2D eigenvalue weighted by molar-refractivity contribution is 7.14. The van der Waals surface area contributed by atoms with Gasteiger partial charge < -0.3 is 15.5 Å². The molecule has 2 aromatic carbocycles. The molecule has 1 atom stereocenters. The van der Waals surface area contributed by atoms with Crippen LogP contribution in [0.2, 0.25) is 5.02 Å². The molecule has 1 heterocycles. The number of para-hydroxylation sites is 1. The SMILES string of the molecule is CC[C@H](C)NC(=O)CCN(Cc1ccccc1)C(=O)c1csc(Nc2ccccc2Cl)n1. The number of carbonyl (C=O) groups excluding carboxylic acids is 2. The van der Waals surface area contributed by atoms with Gasteiger partial charge in [-0.3, -0.25) is 9.59 Å². The summed E-state index contributed by atoms with van der Waals surface area (Å²) in [6.45, 7) is 4.70. The molecule has 0 radical (unpaired) electrons. The summed E-state index contributed by atoms with van der Waals surface area (Å²) in [6, 6.07) is 17.2. The quantitative estimate of drug-likeness (QED) is 0.411. The van der Waals surface area contributed by atoms with Crippen LogP contribution in [0.25, 0.3) is 0 Å². The van der Waals surface area contributed by atoms with Crippen LogP contribution in [0.3, 0.4) is 0 Å². The van der Waals surface area contributed by atoms with Gasteiger partial charge in [0.05, 0.1) is 10.7 Å². The first-order chi connectivity index (χ1) is 15.5. The molecule has 2 amide bonds. The number of halogens is 1. The zero-order valence-corrected chi connectivity index (χ0v) is 19.7. The van der Waals surface area contributed by atoms with Crippen molar-refractivity contribution in [3.05, 3.63) is 76.3 Å². The molecule has 0 fully saturated rings. The highest BCUT2D eigenvalue weighted by Crippen LogP contribution is 2.27. The van der Waals surface area contributed by atoms with E-state index in [0.29, 0.717) is 28.9 Å². The molecule has 0 saturated carbocycles. The van der Waals surface area contributed by atoms with Crippen molar-refractivity contribution in [2.45, 2.75) is 39.3 Å². The number of amides is 2. The summed E-state index contributed by atoms with van der Waals surface area (Å²) in [4.78, 5) is 31.7. The second-order valence-electron chi connectivity index (χ2n) is 7.48. The summed E-state index contributed by atoms with van der Waals surface area (Å²) < 4.78 is 0. The van der Waals surface area contributed by atoms with Gasteiger partial charge in [0.1, 0.15) is 5.69 Å². The molecule has 32 heavy (non-hydrogen) atoms.